The van der Waals surface area contributed by atoms with Gasteiger partial charge in [-0.05, 0) is 55.2 Å². The van der Waals surface area contributed by atoms with E-state index in [0.717, 1.165) is 30.6 Å². The molecular weight excluding hydrogens is 344 g/mol. The number of ether oxygens (including phenoxy) is 2. The van der Waals surface area contributed by atoms with Crippen LogP contribution in [0.1, 0.15) is 24.5 Å². The molecule has 0 aromatic heterocycles. The fraction of sp³-hybridized carbons (Fsp3) is 0.381. The molecule has 27 heavy (non-hydrogen) atoms. The molecule has 0 bridgehead atoms. The minimum Gasteiger partial charge on any atom is -0.504 e. The first-order valence-corrected chi connectivity index (χ1v) is 9.19. The molecule has 6 heteroatoms. The van der Waals surface area contributed by atoms with Crippen LogP contribution < -0.4 is 15.0 Å². The Hall–Kier alpha value is -2.73. The smallest absolute Gasteiger partial charge is 0.414 e. The van der Waals surface area contributed by atoms with Gasteiger partial charge in [-0.3, -0.25) is 4.90 Å². The zero-order valence-electron chi connectivity index (χ0n) is 15.8. The van der Waals surface area contributed by atoms with Crippen LogP contribution in [0.15, 0.2) is 42.5 Å². The lowest BCUT2D eigenvalue weighted by Gasteiger charge is -2.16. The number of anilines is 1. The predicted octanol–water partition coefficient (Wildman–Crippen LogP) is 3.47. The zero-order chi connectivity index (χ0) is 19.2. The molecule has 6 nitrogen and oxygen atoms in total. The number of phenolic OH excluding ortho intramolecular Hbond substituents is 1. The second-order valence-electron chi connectivity index (χ2n) is 6.76. The minimum absolute atomic E-state index is 0.178. The number of hydrogen-bond acceptors (Lipinski definition) is 5. The van der Waals surface area contributed by atoms with Crippen LogP contribution in [0.4, 0.5) is 10.5 Å². The summed E-state index contributed by atoms with van der Waals surface area (Å²) in [5, 5.41) is 13.4. The minimum atomic E-state index is -0.279. The predicted molar refractivity (Wildman–Crippen MR) is 104 cm³/mol. The van der Waals surface area contributed by atoms with E-state index in [1.54, 1.807) is 24.1 Å². The van der Waals surface area contributed by atoms with Crippen LogP contribution in [0.25, 0.3) is 0 Å². The highest BCUT2D eigenvalue weighted by atomic mass is 16.6. The van der Waals surface area contributed by atoms with E-state index in [1.165, 1.54) is 5.56 Å². The van der Waals surface area contributed by atoms with Crippen LogP contribution in [0, 0.1) is 0 Å². The maximum atomic E-state index is 11.6. The number of amides is 1. The number of carbonyl (C=O) groups excluding carboxylic acids is 1. The van der Waals surface area contributed by atoms with Crippen molar-refractivity contribution in [3.05, 3.63) is 53.6 Å². The molecule has 2 aromatic rings. The van der Waals surface area contributed by atoms with Crippen molar-refractivity contribution < 1.29 is 19.4 Å². The van der Waals surface area contributed by atoms with Crippen molar-refractivity contribution in [3.8, 4) is 11.5 Å². The molecule has 1 heterocycles. The summed E-state index contributed by atoms with van der Waals surface area (Å²) in [6.45, 7) is 3.97. The van der Waals surface area contributed by atoms with Crippen LogP contribution in [-0.2, 0) is 17.7 Å². The summed E-state index contributed by atoms with van der Waals surface area (Å²) < 4.78 is 10.0. The van der Waals surface area contributed by atoms with Crippen molar-refractivity contribution in [2.24, 2.45) is 0 Å². The van der Waals surface area contributed by atoms with Gasteiger partial charge < -0.3 is 19.9 Å². The summed E-state index contributed by atoms with van der Waals surface area (Å²) in [4.78, 5) is 13.2. The number of nitrogens with one attached hydrogen (secondary N) is 1. The Balaban J connectivity index is 1.45. The highest BCUT2D eigenvalue weighted by Crippen LogP contribution is 2.26. The Morgan fingerprint density at radius 2 is 1.96 bits per heavy atom. The first-order chi connectivity index (χ1) is 13.1. The van der Waals surface area contributed by atoms with Gasteiger partial charge in [-0.2, -0.15) is 0 Å². The Bertz CT molecular complexity index is 776. The molecule has 2 aromatic carbocycles. The second kappa shape index (κ2) is 8.77. The fourth-order valence-electron chi connectivity index (χ4n) is 3.09. The van der Waals surface area contributed by atoms with Crippen LogP contribution in [-0.4, -0.2) is 37.5 Å². The van der Waals surface area contributed by atoms with Gasteiger partial charge in [-0.25, -0.2) is 4.79 Å². The highest BCUT2D eigenvalue weighted by Gasteiger charge is 2.23. The quantitative estimate of drug-likeness (QED) is 0.745. The molecule has 1 aliphatic rings. The molecule has 1 fully saturated rings. The van der Waals surface area contributed by atoms with Gasteiger partial charge >= 0.3 is 6.09 Å². The monoisotopic (exact) mass is 370 g/mol. The van der Waals surface area contributed by atoms with Crippen molar-refractivity contribution in [1.29, 1.82) is 0 Å². The summed E-state index contributed by atoms with van der Waals surface area (Å²) in [5.74, 6) is 0.674. The first kappa shape index (κ1) is 19.0. The Morgan fingerprint density at radius 1 is 1.22 bits per heavy atom. The number of methoxy groups -OCH3 is 1. The summed E-state index contributed by atoms with van der Waals surface area (Å²) in [6, 6.07) is 13.8. The normalized spacial score (nSPS) is 14.9. The number of rotatable bonds is 8. The summed E-state index contributed by atoms with van der Waals surface area (Å²) in [7, 11) is 1.55. The number of aromatic hydroxyl groups is 1. The topological polar surface area (TPSA) is 71.0 Å². The average Bonchev–Trinajstić information content (AvgIpc) is 3.11. The summed E-state index contributed by atoms with van der Waals surface area (Å²) in [6.07, 6.45) is 1.56. The molecule has 1 saturated heterocycles. The number of phenols is 1. The van der Waals surface area contributed by atoms with Crippen molar-refractivity contribution in [1.82, 2.24) is 5.32 Å². The number of cyclic esters (lactones) is 1. The van der Waals surface area contributed by atoms with Crippen molar-refractivity contribution in [3.63, 3.8) is 0 Å². The molecule has 1 aliphatic heterocycles. The van der Waals surface area contributed by atoms with Gasteiger partial charge in [0.2, 0.25) is 0 Å². The lowest BCUT2D eigenvalue weighted by Crippen LogP contribution is -2.26. The summed E-state index contributed by atoms with van der Waals surface area (Å²) in [5.41, 5.74) is 3.12. The fourth-order valence-corrected chi connectivity index (χ4v) is 3.09. The molecule has 3 rings (SSSR count). The maximum absolute atomic E-state index is 11.6. The Kier molecular flexibility index (Phi) is 6.19. The molecule has 1 amide bonds. The van der Waals surface area contributed by atoms with E-state index in [9.17, 15) is 9.90 Å². The van der Waals surface area contributed by atoms with E-state index in [2.05, 4.69) is 12.2 Å². The van der Waals surface area contributed by atoms with Crippen molar-refractivity contribution >= 4 is 11.8 Å². The third-order valence-electron chi connectivity index (χ3n) is 4.77. The highest BCUT2D eigenvalue weighted by molar-refractivity contribution is 5.89. The molecule has 0 saturated carbocycles. The number of carbonyl (C=O) groups is 1. The number of hydrogen-bond donors (Lipinski definition) is 2. The summed E-state index contributed by atoms with van der Waals surface area (Å²) >= 11 is 0. The van der Waals surface area contributed by atoms with Crippen LogP contribution >= 0.6 is 0 Å². The van der Waals surface area contributed by atoms with Crippen LogP contribution in [0.2, 0.25) is 0 Å². The van der Waals surface area contributed by atoms with E-state index >= 15 is 0 Å². The molecule has 0 spiro atoms. The van der Waals surface area contributed by atoms with E-state index in [1.807, 2.05) is 30.3 Å². The van der Waals surface area contributed by atoms with E-state index in [0.29, 0.717) is 24.9 Å². The SMILES string of the molecule is COc1ccc(CCC(C)NCc2ccc(N3CCOC3=O)cc2)cc1O. The van der Waals surface area contributed by atoms with Gasteiger partial charge in [0.25, 0.3) is 0 Å². The molecule has 144 valence electrons. The molecule has 2 N–H and O–H groups in total. The number of aryl methyl sites for hydroxylation is 1. The third-order valence-corrected chi connectivity index (χ3v) is 4.77. The lowest BCUT2D eigenvalue weighted by atomic mass is 10.1. The number of benzene rings is 2. The third kappa shape index (κ3) is 4.92. The van der Waals surface area contributed by atoms with Gasteiger partial charge in [-0.15, -0.1) is 0 Å². The van der Waals surface area contributed by atoms with Crippen molar-refractivity contribution in [2.75, 3.05) is 25.2 Å². The van der Waals surface area contributed by atoms with Crippen LogP contribution in [0.5, 0.6) is 11.5 Å². The maximum Gasteiger partial charge on any atom is 0.414 e. The first-order valence-electron chi connectivity index (χ1n) is 9.19. The molecule has 0 aliphatic carbocycles. The largest absolute Gasteiger partial charge is 0.504 e. The van der Waals surface area contributed by atoms with E-state index < -0.39 is 0 Å². The van der Waals surface area contributed by atoms with Gasteiger partial charge in [0.15, 0.2) is 11.5 Å². The van der Waals surface area contributed by atoms with Gasteiger partial charge in [0.1, 0.15) is 6.61 Å². The molecular formula is C21H26N2O4. The molecule has 1 unspecified atom stereocenters. The standard InChI is InChI=1S/C21H26N2O4/c1-15(3-4-16-7-10-20(26-2)19(24)13-16)22-14-17-5-8-18(9-6-17)23-11-12-27-21(23)25/h5-10,13,15,22,24H,3-4,11-12,14H2,1-2H3. The zero-order valence-corrected chi connectivity index (χ0v) is 15.8. The molecule has 0 radical (unpaired) electrons. The van der Waals surface area contributed by atoms with Crippen LogP contribution in [0.3, 0.4) is 0 Å². The molecule has 1 atom stereocenters. The number of nitrogens with zero attached hydrogens (tertiary/aromatic N) is 1. The second-order valence-corrected chi connectivity index (χ2v) is 6.76. The van der Waals surface area contributed by atoms with Gasteiger partial charge in [-0.1, -0.05) is 18.2 Å². The van der Waals surface area contributed by atoms with Crippen molar-refractivity contribution in [2.45, 2.75) is 32.4 Å². The van der Waals surface area contributed by atoms with Gasteiger partial charge in [0, 0.05) is 18.3 Å². The van der Waals surface area contributed by atoms with Gasteiger partial charge in [0.05, 0.1) is 13.7 Å². The Morgan fingerprint density at radius 3 is 2.59 bits per heavy atom. The van der Waals surface area contributed by atoms with E-state index in [4.69, 9.17) is 9.47 Å². The lowest BCUT2D eigenvalue weighted by molar-refractivity contribution is 0.181. The average molecular weight is 370 g/mol. The Labute approximate surface area is 159 Å². The van der Waals surface area contributed by atoms with E-state index in [-0.39, 0.29) is 11.8 Å².